The highest BCUT2D eigenvalue weighted by Crippen LogP contribution is 2.21. The average Bonchev–Trinajstić information content (AvgIpc) is 2.32. The summed E-state index contributed by atoms with van der Waals surface area (Å²) in [6.45, 7) is 2.05. The van der Waals surface area contributed by atoms with Gasteiger partial charge in [0.25, 0.3) is 5.69 Å². The van der Waals surface area contributed by atoms with Crippen molar-refractivity contribution in [2.75, 3.05) is 6.54 Å². The molecule has 0 radical (unpaired) electrons. The molecule has 0 heterocycles. The van der Waals surface area contributed by atoms with Crippen LogP contribution in [0.15, 0.2) is 35.0 Å². The molecule has 0 aliphatic rings. The van der Waals surface area contributed by atoms with E-state index >= 15 is 0 Å². The Bertz CT molecular complexity index is 481. The molecule has 0 saturated heterocycles. The number of phenols is 1. The summed E-state index contributed by atoms with van der Waals surface area (Å²) < 4.78 is 0. The molecule has 1 aromatic rings. The van der Waals surface area contributed by atoms with E-state index in [0.717, 1.165) is 0 Å². The number of phenolic OH excluding ortho intramolecular Hbond substituents is 1. The fourth-order valence-corrected chi connectivity index (χ4v) is 1.16. The number of rotatable bonds is 4. The Morgan fingerprint density at radius 3 is 2.88 bits per heavy atom. The summed E-state index contributed by atoms with van der Waals surface area (Å²) in [5, 5.41) is 20.1. The lowest BCUT2D eigenvalue weighted by molar-refractivity contribution is -0.384. The van der Waals surface area contributed by atoms with Gasteiger partial charge in [-0.25, -0.2) is 0 Å². The van der Waals surface area contributed by atoms with Crippen LogP contribution in [-0.2, 0) is 0 Å². The minimum absolute atomic E-state index is 0.0631. The highest BCUT2D eigenvalue weighted by molar-refractivity contribution is 5.85. The maximum Gasteiger partial charge on any atom is 0.270 e. The quantitative estimate of drug-likeness (QED) is 0.470. The summed E-state index contributed by atoms with van der Waals surface area (Å²) in [6.07, 6.45) is 3.08. The lowest BCUT2D eigenvalue weighted by Gasteiger charge is -1.99. The van der Waals surface area contributed by atoms with Crippen LogP contribution in [0.25, 0.3) is 0 Å². The number of non-ortho nitro benzene ring substituents is 1. The van der Waals surface area contributed by atoms with Crippen molar-refractivity contribution in [3.05, 3.63) is 45.6 Å². The molecule has 0 unspecified atom stereocenters. The van der Waals surface area contributed by atoms with E-state index in [1.165, 1.54) is 24.4 Å². The van der Waals surface area contributed by atoms with Gasteiger partial charge in [-0.3, -0.25) is 15.1 Å². The number of nitro benzene ring substituents is 1. The normalized spacial score (nSPS) is 12.0. The Morgan fingerprint density at radius 2 is 2.35 bits per heavy atom. The van der Waals surface area contributed by atoms with Crippen LogP contribution in [0.5, 0.6) is 5.75 Å². The van der Waals surface area contributed by atoms with Gasteiger partial charge >= 0.3 is 0 Å². The molecule has 0 aliphatic carbocycles. The van der Waals surface area contributed by atoms with E-state index in [0.29, 0.717) is 5.70 Å². The van der Waals surface area contributed by atoms with Crippen LogP contribution >= 0.6 is 0 Å². The van der Waals surface area contributed by atoms with Crippen LogP contribution in [0.1, 0.15) is 12.5 Å². The number of nitro groups is 1. The molecule has 90 valence electrons. The number of hydrogen-bond acceptors (Lipinski definition) is 5. The molecular weight excluding hydrogens is 222 g/mol. The fourth-order valence-electron chi connectivity index (χ4n) is 1.16. The molecule has 0 aromatic heterocycles. The van der Waals surface area contributed by atoms with Crippen molar-refractivity contribution >= 4 is 11.9 Å². The SMILES string of the molecule is CC=C(CN)N=Cc1cc([N+](=O)[O-])ccc1O. The molecule has 0 bridgehead atoms. The summed E-state index contributed by atoms with van der Waals surface area (Å²) in [4.78, 5) is 14.1. The van der Waals surface area contributed by atoms with E-state index in [1.54, 1.807) is 13.0 Å². The van der Waals surface area contributed by atoms with Gasteiger partial charge in [-0.2, -0.15) is 0 Å². The molecule has 17 heavy (non-hydrogen) atoms. The standard InChI is InChI=1S/C11H13N3O3/c1-2-9(6-12)13-7-8-5-10(14(16)17)3-4-11(8)15/h2-5,7,15H,6,12H2,1H3. The topological polar surface area (TPSA) is 102 Å². The molecule has 0 atom stereocenters. The van der Waals surface area contributed by atoms with Crippen molar-refractivity contribution in [2.24, 2.45) is 10.7 Å². The molecule has 6 nitrogen and oxygen atoms in total. The minimum atomic E-state index is -0.531. The minimum Gasteiger partial charge on any atom is -0.507 e. The second-order valence-corrected chi connectivity index (χ2v) is 3.24. The number of hydrogen-bond donors (Lipinski definition) is 2. The number of nitrogens with two attached hydrogens (primary N) is 1. The van der Waals surface area contributed by atoms with Crippen LogP contribution in [0.3, 0.4) is 0 Å². The highest BCUT2D eigenvalue weighted by Gasteiger charge is 2.08. The third kappa shape index (κ3) is 3.39. The maximum atomic E-state index is 10.6. The van der Waals surface area contributed by atoms with Crippen molar-refractivity contribution in [1.82, 2.24) is 0 Å². The van der Waals surface area contributed by atoms with Gasteiger partial charge in [0.1, 0.15) is 5.75 Å². The summed E-state index contributed by atoms with van der Waals surface area (Å²) >= 11 is 0. The average molecular weight is 235 g/mol. The molecule has 0 fully saturated rings. The van der Waals surface area contributed by atoms with Gasteiger partial charge < -0.3 is 10.8 Å². The maximum absolute atomic E-state index is 10.6. The lowest BCUT2D eigenvalue weighted by atomic mass is 10.2. The molecule has 1 aromatic carbocycles. The van der Waals surface area contributed by atoms with Gasteiger partial charge in [0.05, 0.1) is 4.92 Å². The monoisotopic (exact) mass is 235 g/mol. The summed E-state index contributed by atoms with van der Waals surface area (Å²) in [5.74, 6) is -0.0631. The van der Waals surface area contributed by atoms with Crippen LogP contribution in [0.2, 0.25) is 0 Å². The highest BCUT2D eigenvalue weighted by atomic mass is 16.6. The smallest absolute Gasteiger partial charge is 0.270 e. The lowest BCUT2D eigenvalue weighted by Crippen LogP contribution is -2.01. The predicted octanol–water partition coefficient (Wildman–Crippen LogP) is 1.58. The molecule has 0 saturated carbocycles. The zero-order valence-corrected chi connectivity index (χ0v) is 9.33. The Morgan fingerprint density at radius 1 is 1.65 bits per heavy atom. The van der Waals surface area contributed by atoms with Crippen LogP contribution in [-0.4, -0.2) is 22.8 Å². The van der Waals surface area contributed by atoms with Gasteiger partial charge in [-0.1, -0.05) is 6.08 Å². The number of benzene rings is 1. The Hall–Kier alpha value is -2.21. The van der Waals surface area contributed by atoms with Gasteiger partial charge in [0.15, 0.2) is 0 Å². The number of aromatic hydroxyl groups is 1. The second kappa shape index (κ2) is 5.76. The third-order valence-electron chi connectivity index (χ3n) is 2.13. The van der Waals surface area contributed by atoms with Crippen molar-refractivity contribution in [3.63, 3.8) is 0 Å². The van der Waals surface area contributed by atoms with Crippen LogP contribution < -0.4 is 5.73 Å². The fraction of sp³-hybridized carbons (Fsp3) is 0.182. The summed E-state index contributed by atoms with van der Waals surface area (Å²) in [6, 6.07) is 3.74. The van der Waals surface area contributed by atoms with Crippen molar-refractivity contribution < 1.29 is 10.0 Å². The number of allylic oxidation sites excluding steroid dienone is 1. The number of aliphatic imine (C=N–C) groups is 1. The van der Waals surface area contributed by atoms with Gasteiger partial charge in [0, 0.05) is 36.2 Å². The molecular formula is C11H13N3O3. The van der Waals surface area contributed by atoms with E-state index in [-0.39, 0.29) is 23.5 Å². The van der Waals surface area contributed by atoms with Crippen molar-refractivity contribution in [2.45, 2.75) is 6.92 Å². The second-order valence-electron chi connectivity index (χ2n) is 3.24. The largest absolute Gasteiger partial charge is 0.507 e. The first-order valence-corrected chi connectivity index (χ1v) is 4.95. The summed E-state index contributed by atoms with van der Waals surface area (Å²) in [7, 11) is 0. The first kappa shape index (κ1) is 12.9. The Balaban J connectivity index is 3.05. The van der Waals surface area contributed by atoms with E-state index < -0.39 is 4.92 Å². The van der Waals surface area contributed by atoms with Crippen molar-refractivity contribution in [3.8, 4) is 5.75 Å². The molecule has 0 amide bonds. The first-order valence-electron chi connectivity index (χ1n) is 4.95. The zero-order chi connectivity index (χ0) is 12.8. The van der Waals surface area contributed by atoms with E-state index in [2.05, 4.69) is 4.99 Å². The van der Waals surface area contributed by atoms with Crippen molar-refractivity contribution in [1.29, 1.82) is 0 Å². The predicted molar refractivity (Wildman–Crippen MR) is 65.2 cm³/mol. The Kier molecular flexibility index (Phi) is 4.36. The van der Waals surface area contributed by atoms with E-state index in [9.17, 15) is 15.2 Å². The Labute approximate surface area is 98.2 Å². The molecule has 0 aliphatic heterocycles. The molecule has 3 N–H and O–H groups in total. The van der Waals surface area contributed by atoms with E-state index in [4.69, 9.17) is 5.73 Å². The van der Waals surface area contributed by atoms with Gasteiger partial charge in [0.2, 0.25) is 0 Å². The van der Waals surface area contributed by atoms with Crippen LogP contribution in [0, 0.1) is 10.1 Å². The van der Waals surface area contributed by atoms with Gasteiger partial charge in [-0.15, -0.1) is 0 Å². The third-order valence-corrected chi connectivity index (χ3v) is 2.13. The number of nitrogens with zero attached hydrogens (tertiary/aromatic N) is 2. The molecule has 6 heteroatoms. The summed E-state index contributed by atoms with van der Waals surface area (Å²) in [5.41, 5.74) is 6.23. The van der Waals surface area contributed by atoms with Crippen LogP contribution in [0.4, 0.5) is 5.69 Å². The zero-order valence-electron chi connectivity index (χ0n) is 9.33. The van der Waals surface area contributed by atoms with E-state index in [1.807, 2.05) is 0 Å². The molecule has 0 spiro atoms. The first-order chi connectivity index (χ1) is 8.08. The van der Waals surface area contributed by atoms with Gasteiger partial charge in [-0.05, 0) is 13.0 Å². The molecule has 1 rings (SSSR count).